The van der Waals surface area contributed by atoms with Gasteiger partial charge in [0.2, 0.25) is 0 Å². The first-order chi connectivity index (χ1) is 6.40. The van der Waals surface area contributed by atoms with Crippen molar-refractivity contribution in [1.82, 2.24) is 15.3 Å². The van der Waals surface area contributed by atoms with Crippen LogP contribution in [0.3, 0.4) is 0 Å². The van der Waals surface area contributed by atoms with Crippen LogP contribution in [0.5, 0.6) is 0 Å². The van der Waals surface area contributed by atoms with E-state index in [0.29, 0.717) is 0 Å². The van der Waals surface area contributed by atoms with E-state index in [2.05, 4.69) is 27.4 Å². The quantitative estimate of drug-likeness (QED) is 0.819. The third kappa shape index (κ3) is 2.19. The van der Waals surface area contributed by atoms with E-state index in [1.165, 1.54) is 5.56 Å². The molecule has 0 radical (unpaired) electrons. The zero-order valence-electron chi connectivity index (χ0n) is 7.90. The Morgan fingerprint density at radius 3 is 2.57 bits per heavy atom. The maximum absolute atomic E-state index is 4.23. The molecule has 3 nitrogen and oxygen atoms in total. The molecule has 0 bridgehead atoms. The molecule has 0 unspecified atom stereocenters. The van der Waals surface area contributed by atoms with Crippen LogP contribution in [-0.2, 0) is 6.54 Å². The van der Waals surface area contributed by atoms with Crippen LogP contribution in [0.15, 0.2) is 30.6 Å². The summed E-state index contributed by atoms with van der Waals surface area (Å²) in [5, 5.41) is 3.10. The molecule has 2 rings (SSSR count). The van der Waals surface area contributed by atoms with Crippen molar-refractivity contribution < 1.29 is 0 Å². The number of rotatable bonds is 2. The normalized spacial score (nSPS) is 9.79. The van der Waals surface area contributed by atoms with Gasteiger partial charge >= 0.3 is 0 Å². The van der Waals surface area contributed by atoms with Gasteiger partial charge in [0.1, 0.15) is 0 Å². The van der Waals surface area contributed by atoms with E-state index in [0.717, 1.165) is 17.6 Å². The molecule has 4 heteroatoms. The molecule has 0 saturated carbocycles. The van der Waals surface area contributed by atoms with Gasteiger partial charge in [-0.3, -0.25) is 9.97 Å². The lowest BCUT2D eigenvalue weighted by Crippen LogP contribution is -2.04. The second kappa shape index (κ2) is 4.88. The first-order valence-electron chi connectivity index (χ1n) is 4.24. The minimum atomic E-state index is 0. The van der Waals surface area contributed by atoms with Gasteiger partial charge in [0.05, 0.1) is 11.0 Å². The van der Waals surface area contributed by atoms with Crippen LogP contribution in [0.2, 0.25) is 0 Å². The maximum Gasteiger partial charge on any atom is 0.0890 e. The SMILES string of the molecule is CNCc1ccc2nccnc2c1.Cl. The van der Waals surface area contributed by atoms with E-state index in [-0.39, 0.29) is 12.4 Å². The number of aromatic nitrogens is 2. The van der Waals surface area contributed by atoms with Crippen molar-refractivity contribution in [3.63, 3.8) is 0 Å². The third-order valence-corrected chi connectivity index (χ3v) is 1.91. The molecule has 14 heavy (non-hydrogen) atoms. The Morgan fingerprint density at radius 2 is 1.86 bits per heavy atom. The highest BCUT2D eigenvalue weighted by atomic mass is 35.5. The number of fused-ring (bicyclic) bond motifs is 1. The minimum Gasteiger partial charge on any atom is -0.316 e. The zero-order valence-corrected chi connectivity index (χ0v) is 8.71. The van der Waals surface area contributed by atoms with Gasteiger partial charge < -0.3 is 5.32 Å². The van der Waals surface area contributed by atoms with Gasteiger partial charge in [-0.2, -0.15) is 0 Å². The molecule has 1 aromatic carbocycles. The number of hydrogen-bond acceptors (Lipinski definition) is 3. The first-order valence-corrected chi connectivity index (χ1v) is 4.24. The molecule has 2 aromatic rings. The van der Waals surface area contributed by atoms with Crippen molar-refractivity contribution in [2.24, 2.45) is 0 Å². The average molecular weight is 210 g/mol. The summed E-state index contributed by atoms with van der Waals surface area (Å²) >= 11 is 0. The Hall–Kier alpha value is -1.19. The van der Waals surface area contributed by atoms with Crippen molar-refractivity contribution in [3.05, 3.63) is 36.2 Å². The number of benzene rings is 1. The maximum atomic E-state index is 4.23. The van der Waals surface area contributed by atoms with Crippen LogP contribution < -0.4 is 5.32 Å². The average Bonchev–Trinajstić information content (AvgIpc) is 2.18. The second-order valence-electron chi connectivity index (χ2n) is 2.91. The molecule has 0 spiro atoms. The number of nitrogens with one attached hydrogen (secondary N) is 1. The molecule has 0 aliphatic heterocycles. The van der Waals surface area contributed by atoms with Crippen LogP contribution in [0.25, 0.3) is 11.0 Å². The highest BCUT2D eigenvalue weighted by Gasteiger charge is 1.96. The van der Waals surface area contributed by atoms with Crippen molar-refractivity contribution >= 4 is 23.4 Å². The summed E-state index contributed by atoms with van der Waals surface area (Å²) in [6, 6.07) is 6.11. The second-order valence-corrected chi connectivity index (χ2v) is 2.91. The topological polar surface area (TPSA) is 37.8 Å². The lowest BCUT2D eigenvalue weighted by atomic mass is 10.2. The number of hydrogen-bond donors (Lipinski definition) is 1. The van der Waals surface area contributed by atoms with E-state index in [1.54, 1.807) is 12.4 Å². The monoisotopic (exact) mass is 209 g/mol. The summed E-state index contributed by atoms with van der Waals surface area (Å²) in [7, 11) is 1.93. The van der Waals surface area contributed by atoms with E-state index < -0.39 is 0 Å². The van der Waals surface area contributed by atoms with Crippen molar-refractivity contribution in [1.29, 1.82) is 0 Å². The molecule has 1 heterocycles. The van der Waals surface area contributed by atoms with Crippen molar-refractivity contribution in [2.75, 3.05) is 7.05 Å². The molecule has 0 amide bonds. The minimum absolute atomic E-state index is 0. The molecule has 0 atom stereocenters. The molecule has 0 saturated heterocycles. The summed E-state index contributed by atoms with van der Waals surface area (Å²) < 4.78 is 0. The van der Waals surface area contributed by atoms with Crippen LogP contribution in [-0.4, -0.2) is 17.0 Å². The fourth-order valence-electron chi connectivity index (χ4n) is 1.32. The van der Waals surface area contributed by atoms with Crippen LogP contribution in [0.1, 0.15) is 5.56 Å². The van der Waals surface area contributed by atoms with Crippen LogP contribution >= 0.6 is 12.4 Å². The van der Waals surface area contributed by atoms with E-state index in [9.17, 15) is 0 Å². The summed E-state index contributed by atoms with van der Waals surface area (Å²) in [6.45, 7) is 0.868. The molecule has 0 aliphatic rings. The molecular formula is C10H12ClN3. The zero-order chi connectivity index (χ0) is 9.10. The van der Waals surface area contributed by atoms with Crippen LogP contribution in [0.4, 0.5) is 0 Å². The Morgan fingerprint density at radius 1 is 1.14 bits per heavy atom. The van der Waals surface area contributed by atoms with Gasteiger partial charge in [0.15, 0.2) is 0 Å². The molecule has 0 aliphatic carbocycles. The Labute approximate surface area is 89.0 Å². The van der Waals surface area contributed by atoms with Crippen LogP contribution in [0, 0.1) is 0 Å². The first kappa shape index (κ1) is 10.9. The van der Waals surface area contributed by atoms with Gasteiger partial charge in [-0.05, 0) is 24.7 Å². The standard InChI is InChI=1S/C10H11N3.ClH/c1-11-7-8-2-3-9-10(6-8)13-5-4-12-9;/h2-6,11H,7H2,1H3;1H. The Bertz CT molecular complexity index is 417. The van der Waals surface area contributed by atoms with Crippen molar-refractivity contribution in [2.45, 2.75) is 6.54 Å². The number of halogens is 1. The highest BCUT2D eigenvalue weighted by Crippen LogP contribution is 2.10. The van der Waals surface area contributed by atoms with E-state index in [1.807, 2.05) is 13.1 Å². The van der Waals surface area contributed by atoms with Gasteiger partial charge in [-0.1, -0.05) is 6.07 Å². The summed E-state index contributed by atoms with van der Waals surface area (Å²) in [6.07, 6.45) is 3.42. The predicted molar refractivity (Wildman–Crippen MR) is 59.5 cm³/mol. The molecule has 74 valence electrons. The van der Waals surface area contributed by atoms with Gasteiger partial charge in [0.25, 0.3) is 0 Å². The third-order valence-electron chi connectivity index (χ3n) is 1.91. The largest absolute Gasteiger partial charge is 0.316 e. The summed E-state index contributed by atoms with van der Waals surface area (Å²) in [5.74, 6) is 0. The van der Waals surface area contributed by atoms with E-state index in [4.69, 9.17) is 0 Å². The molecule has 1 aromatic heterocycles. The lowest BCUT2D eigenvalue weighted by molar-refractivity contribution is 0.818. The fraction of sp³-hybridized carbons (Fsp3) is 0.200. The van der Waals surface area contributed by atoms with Gasteiger partial charge in [-0.25, -0.2) is 0 Å². The molecule has 0 fully saturated rings. The van der Waals surface area contributed by atoms with Crippen molar-refractivity contribution in [3.8, 4) is 0 Å². The Balaban J connectivity index is 0.000000980. The Kier molecular flexibility index (Phi) is 3.80. The highest BCUT2D eigenvalue weighted by molar-refractivity contribution is 5.85. The lowest BCUT2D eigenvalue weighted by Gasteiger charge is -2.00. The smallest absolute Gasteiger partial charge is 0.0890 e. The van der Waals surface area contributed by atoms with Gasteiger partial charge in [0, 0.05) is 18.9 Å². The summed E-state index contributed by atoms with van der Waals surface area (Å²) in [4.78, 5) is 8.43. The predicted octanol–water partition coefficient (Wildman–Crippen LogP) is 1.77. The summed E-state index contributed by atoms with van der Waals surface area (Å²) in [5.41, 5.74) is 3.13. The molecular weight excluding hydrogens is 198 g/mol. The van der Waals surface area contributed by atoms with Gasteiger partial charge in [-0.15, -0.1) is 12.4 Å². The fourth-order valence-corrected chi connectivity index (χ4v) is 1.32. The van der Waals surface area contributed by atoms with E-state index >= 15 is 0 Å². The number of nitrogens with zero attached hydrogens (tertiary/aromatic N) is 2. The molecule has 1 N–H and O–H groups in total.